The number of rotatable bonds is 8. The maximum absolute atomic E-state index is 12.1. The predicted molar refractivity (Wildman–Crippen MR) is 79.3 cm³/mol. The Kier molecular flexibility index (Phi) is 7.05. The molecule has 7 nitrogen and oxygen atoms in total. The number of methoxy groups -OCH3 is 1. The molecule has 1 rings (SSSR count). The number of hydrogen-bond acceptors (Lipinski definition) is 5. The van der Waals surface area contributed by atoms with Gasteiger partial charge >= 0.3 is 0 Å². The molecule has 0 spiro atoms. The Morgan fingerprint density at radius 3 is 2.76 bits per heavy atom. The third-order valence-electron chi connectivity index (χ3n) is 3.89. The lowest BCUT2D eigenvalue weighted by Gasteiger charge is -2.42. The van der Waals surface area contributed by atoms with E-state index in [4.69, 9.17) is 4.74 Å². The summed E-state index contributed by atoms with van der Waals surface area (Å²) in [7, 11) is -1.74. The third kappa shape index (κ3) is 6.29. The molecule has 0 radical (unpaired) electrons. The number of nitrogens with one attached hydrogen (secondary N) is 1. The van der Waals surface area contributed by atoms with Gasteiger partial charge < -0.3 is 14.7 Å². The first kappa shape index (κ1) is 18.3. The first-order valence-corrected chi connectivity index (χ1v) is 9.03. The van der Waals surface area contributed by atoms with Gasteiger partial charge in [-0.1, -0.05) is 0 Å². The summed E-state index contributed by atoms with van der Waals surface area (Å²) in [5.74, 6) is -0.246. The monoisotopic (exact) mass is 322 g/mol. The number of piperidine rings is 1. The minimum Gasteiger partial charge on any atom is -0.396 e. The zero-order valence-corrected chi connectivity index (χ0v) is 13.6. The average molecular weight is 322 g/mol. The van der Waals surface area contributed by atoms with Crippen molar-refractivity contribution in [1.82, 2.24) is 9.62 Å². The molecule has 1 heterocycles. The zero-order valence-electron chi connectivity index (χ0n) is 12.8. The van der Waals surface area contributed by atoms with Crippen LogP contribution in [0, 0.1) is 5.41 Å². The van der Waals surface area contributed by atoms with Crippen LogP contribution in [-0.4, -0.2) is 70.5 Å². The van der Waals surface area contributed by atoms with E-state index in [9.17, 15) is 18.3 Å². The number of nitrogens with zero attached hydrogens (tertiary/aromatic N) is 1. The molecule has 2 N–H and O–H groups in total. The Balaban J connectivity index is 2.58. The van der Waals surface area contributed by atoms with Gasteiger partial charge in [-0.05, 0) is 25.7 Å². The average Bonchev–Trinajstić information content (AvgIpc) is 2.44. The second-order valence-electron chi connectivity index (χ2n) is 5.77. The molecule has 1 amide bonds. The van der Waals surface area contributed by atoms with E-state index in [1.807, 2.05) is 0 Å². The minimum atomic E-state index is -3.37. The minimum absolute atomic E-state index is 0.0278. The molecule has 8 heteroatoms. The van der Waals surface area contributed by atoms with Gasteiger partial charge in [-0.25, -0.2) is 13.1 Å². The van der Waals surface area contributed by atoms with Crippen LogP contribution in [0.15, 0.2) is 0 Å². The highest BCUT2D eigenvalue weighted by Crippen LogP contribution is 2.34. The van der Waals surface area contributed by atoms with Crippen LogP contribution < -0.4 is 4.72 Å². The van der Waals surface area contributed by atoms with Crippen molar-refractivity contribution in [2.45, 2.75) is 25.7 Å². The third-order valence-corrected chi connectivity index (χ3v) is 4.56. The number of amides is 1. The smallest absolute Gasteiger partial charge is 0.237 e. The number of carbonyl (C=O) groups excluding carboxylic acids is 1. The van der Waals surface area contributed by atoms with E-state index in [-0.39, 0.29) is 24.5 Å². The van der Waals surface area contributed by atoms with Crippen molar-refractivity contribution in [3.63, 3.8) is 0 Å². The fourth-order valence-electron chi connectivity index (χ4n) is 2.73. The largest absolute Gasteiger partial charge is 0.396 e. The molecule has 124 valence electrons. The fourth-order valence-corrected chi connectivity index (χ4v) is 3.11. The summed E-state index contributed by atoms with van der Waals surface area (Å²) < 4.78 is 29.3. The SMILES string of the molecule is COCCCC1(CO)CCCN(C(=O)CNS(C)(=O)=O)C1. The van der Waals surface area contributed by atoms with Crippen LogP contribution >= 0.6 is 0 Å². The summed E-state index contributed by atoms with van der Waals surface area (Å²) in [5.41, 5.74) is -0.294. The lowest BCUT2D eigenvalue weighted by atomic mass is 9.77. The number of aliphatic hydroxyl groups excluding tert-OH is 1. The second kappa shape index (κ2) is 8.07. The van der Waals surface area contributed by atoms with Crippen LogP contribution in [0.3, 0.4) is 0 Å². The Morgan fingerprint density at radius 2 is 2.19 bits per heavy atom. The van der Waals surface area contributed by atoms with E-state index in [0.717, 1.165) is 31.9 Å². The van der Waals surface area contributed by atoms with Crippen LogP contribution in [0.5, 0.6) is 0 Å². The number of carbonyl (C=O) groups is 1. The van der Waals surface area contributed by atoms with Gasteiger partial charge in [0.1, 0.15) is 0 Å². The van der Waals surface area contributed by atoms with E-state index in [2.05, 4.69) is 4.72 Å². The van der Waals surface area contributed by atoms with E-state index in [1.54, 1.807) is 12.0 Å². The van der Waals surface area contributed by atoms with Crippen molar-refractivity contribution >= 4 is 15.9 Å². The van der Waals surface area contributed by atoms with Crippen molar-refractivity contribution in [3.05, 3.63) is 0 Å². The highest BCUT2D eigenvalue weighted by atomic mass is 32.2. The maximum Gasteiger partial charge on any atom is 0.237 e. The van der Waals surface area contributed by atoms with Crippen molar-refractivity contribution < 1.29 is 23.1 Å². The molecule has 0 saturated carbocycles. The van der Waals surface area contributed by atoms with Crippen LogP contribution in [0.1, 0.15) is 25.7 Å². The molecule has 1 aliphatic rings. The van der Waals surface area contributed by atoms with Gasteiger partial charge in [-0.2, -0.15) is 0 Å². The number of hydrogen-bond donors (Lipinski definition) is 2. The highest BCUT2D eigenvalue weighted by Gasteiger charge is 2.36. The van der Waals surface area contributed by atoms with E-state index in [1.165, 1.54) is 0 Å². The van der Waals surface area contributed by atoms with E-state index >= 15 is 0 Å². The zero-order chi connectivity index (χ0) is 15.9. The summed E-state index contributed by atoms with van der Waals surface area (Å²) >= 11 is 0. The molecule has 0 aromatic carbocycles. The molecule has 1 saturated heterocycles. The Bertz CT molecular complexity index is 440. The topological polar surface area (TPSA) is 95.9 Å². The van der Waals surface area contributed by atoms with Crippen LogP contribution in [0.2, 0.25) is 0 Å². The second-order valence-corrected chi connectivity index (χ2v) is 7.60. The number of ether oxygens (including phenoxy) is 1. The first-order valence-electron chi connectivity index (χ1n) is 7.14. The molecule has 21 heavy (non-hydrogen) atoms. The van der Waals surface area contributed by atoms with Gasteiger partial charge in [0.25, 0.3) is 0 Å². The van der Waals surface area contributed by atoms with Crippen molar-refractivity contribution in [2.24, 2.45) is 5.41 Å². The summed E-state index contributed by atoms with van der Waals surface area (Å²) in [4.78, 5) is 13.7. The van der Waals surface area contributed by atoms with Crippen LogP contribution in [0.25, 0.3) is 0 Å². The molecule has 0 aliphatic carbocycles. The number of sulfonamides is 1. The normalized spacial score (nSPS) is 23.3. The highest BCUT2D eigenvalue weighted by molar-refractivity contribution is 7.88. The Morgan fingerprint density at radius 1 is 1.48 bits per heavy atom. The van der Waals surface area contributed by atoms with Crippen LogP contribution in [0.4, 0.5) is 0 Å². The molecule has 1 fully saturated rings. The van der Waals surface area contributed by atoms with Gasteiger partial charge in [0.05, 0.1) is 19.4 Å². The Labute approximate surface area is 126 Å². The summed E-state index contributed by atoms with van der Waals surface area (Å²) in [6.07, 6.45) is 4.34. The molecule has 0 aromatic rings. The molecular weight excluding hydrogens is 296 g/mol. The standard InChI is InChI=1S/C13H26N2O5S/c1-20-8-4-6-13(11-16)5-3-7-15(10-13)12(17)9-14-21(2,18)19/h14,16H,3-11H2,1-2H3. The number of aliphatic hydroxyl groups is 1. The molecule has 0 aromatic heterocycles. The summed E-state index contributed by atoms with van der Waals surface area (Å²) in [6.45, 7) is 1.51. The fraction of sp³-hybridized carbons (Fsp3) is 0.923. The molecular formula is C13H26N2O5S. The Hall–Kier alpha value is -0.700. The summed E-state index contributed by atoms with van der Waals surface area (Å²) in [5, 5.41) is 9.71. The summed E-state index contributed by atoms with van der Waals surface area (Å²) in [6, 6.07) is 0. The molecule has 1 atom stereocenters. The van der Waals surface area contributed by atoms with Gasteiger partial charge in [0.2, 0.25) is 15.9 Å². The molecule has 1 unspecified atom stereocenters. The van der Waals surface area contributed by atoms with Crippen molar-refractivity contribution in [2.75, 3.05) is 46.2 Å². The number of likely N-dealkylation sites (tertiary alicyclic amines) is 1. The van der Waals surface area contributed by atoms with Gasteiger partial charge in [-0.15, -0.1) is 0 Å². The maximum atomic E-state index is 12.1. The predicted octanol–water partition coefficient (Wildman–Crippen LogP) is -0.437. The lowest BCUT2D eigenvalue weighted by Crippen LogP contribution is -2.50. The van der Waals surface area contributed by atoms with Gasteiger partial charge in [-0.3, -0.25) is 4.79 Å². The van der Waals surface area contributed by atoms with E-state index in [0.29, 0.717) is 19.7 Å². The quantitative estimate of drug-likeness (QED) is 0.591. The van der Waals surface area contributed by atoms with Crippen molar-refractivity contribution in [3.8, 4) is 0 Å². The van der Waals surface area contributed by atoms with Gasteiger partial charge in [0.15, 0.2) is 0 Å². The molecule has 1 aliphatic heterocycles. The van der Waals surface area contributed by atoms with Gasteiger partial charge in [0, 0.05) is 32.2 Å². The van der Waals surface area contributed by atoms with Crippen LogP contribution in [-0.2, 0) is 19.6 Å². The van der Waals surface area contributed by atoms with E-state index < -0.39 is 10.0 Å². The molecule has 0 bridgehead atoms. The van der Waals surface area contributed by atoms with Crippen molar-refractivity contribution in [1.29, 1.82) is 0 Å². The first-order chi connectivity index (χ1) is 9.82. The lowest BCUT2D eigenvalue weighted by molar-refractivity contribution is -0.134.